The third kappa shape index (κ3) is 1.97. The zero-order valence-electron chi connectivity index (χ0n) is 9.95. The third-order valence-corrected chi connectivity index (χ3v) is 4.09. The summed E-state index contributed by atoms with van der Waals surface area (Å²) in [6.07, 6.45) is 0. The molecule has 3 nitrogen and oxygen atoms in total. The number of hydrogen-bond acceptors (Lipinski definition) is 3. The topological polar surface area (TPSA) is 63.3 Å². The highest BCUT2D eigenvalue weighted by Gasteiger charge is 2.20. The second kappa shape index (κ2) is 4.42. The van der Waals surface area contributed by atoms with Gasteiger partial charge in [-0.25, -0.2) is 9.18 Å². The third-order valence-electron chi connectivity index (χ3n) is 2.76. The highest BCUT2D eigenvalue weighted by atomic mass is 32.1. The number of anilines is 1. The van der Waals surface area contributed by atoms with Crippen molar-refractivity contribution in [3.63, 3.8) is 0 Å². The number of nitrogen functional groups attached to an aromatic ring is 1. The standard InChI is InChI=1S/C13H12FNO2S/c1-6-3-4-8(9(14)5-6)11-7(2)10(15)12(18-11)13(16)17/h3-5H,15H2,1-2H3,(H,16,17). The van der Waals surface area contributed by atoms with Gasteiger partial charge in [-0.3, -0.25) is 0 Å². The second-order valence-corrected chi connectivity index (χ2v) is 5.11. The van der Waals surface area contributed by atoms with Crippen molar-refractivity contribution in [1.82, 2.24) is 0 Å². The van der Waals surface area contributed by atoms with Crippen molar-refractivity contribution in [2.75, 3.05) is 5.73 Å². The van der Waals surface area contributed by atoms with Gasteiger partial charge in [-0.15, -0.1) is 11.3 Å². The summed E-state index contributed by atoms with van der Waals surface area (Å²) >= 11 is 1.00. The van der Waals surface area contributed by atoms with E-state index in [1.54, 1.807) is 26.0 Å². The Hall–Kier alpha value is -1.88. The van der Waals surface area contributed by atoms with E-state index in [1.807, 2.05) is 0 Å². The Morgan fingerprint density at radius 3 is 2.56 bits per heavy atom. The second-order valence-electron chi connectivity index (χ2n) is 4.09. The number of carboxylic acids is 1. The Morgan fingerprint density at radius 1 is 1.39 bits per heavy atom. The summed E-state index contributed by atoms with van der Waals surface area (Å²) in [7, 11) is 0. The minimum atomic E-state index is -1.08. The highest BCUT2D eigenvalue weighted by molar-refractivity contribution is 7.18. The quantitative estimate of drug-likeness (QED) is 0.874. The number of thiophene rings is 1. The van der Waals surface area contributed by atoms with Gasteiger partial charge in [0.2, 0.25) is 0 Å². The van der Waals surface area contributed by atoms with E-state index in [9.17, 15) is 9.18 Å². The first-order valence-corrected chi connectivity index (χ1v) is 6.12. The Morgan fingerprint density at radius 2 is 2.06 bits per heavy atom. The van der Waals surface area contributed by atoms with Crippen molar-refractivity contribution >= 4 is 23.0 Å². The Balaban J connectivity index is 2.64. The lowest BCUT2D eigenvalue weighted by Gasteiger charge is -2.03. The van der Waals surface area contributed by atoms with Crippen molar-refractivity contribution in [3.8, 4) is 10.4 Å². The first-order valence-electron chi connectivity index (χ1n) is 5.30. The van der Waals surface area contributed by atoms with Crippen LogP contribution < -0.4 is 5.73 Å². The lowest BCUT2D eigenvalue weighted by atomic mass is 10.1. The Labute approximate surface area is 108 Å². The number of halogens is 1. The molecule has 0 spiro atoms. The molecule has 0 saturated carbocycles. The number of nitrogens with two attached hydrogens (primary N) is 1. The van der Waals surface area contributed by atoms with Gasteiger partial charge in [0.1, 0.15) is 10.7 Å². The normalized spacial score (nSPS) is 10.6. The monoisotopic (exact) mass is 265 g/mol. The number of benzene rings is 1. The number of rotatable bonds is 2. The van der Waals surface area contributed by atoms with E-state index < -0.39 is 5.97 Å². The fourth-order valence-corrected chi connectivity index (χ4v) is 2.84. The van der Waals surface area contributed by atoms with Crippen LogP contribution in [0.4, 0.5) is 10.1 Å². The lowest BCUT2D eigenvalue weighted by molar-refractivity contribution is 0.0703. The number of carbonyl (C=O) groups is 1. The molecule has 0 saturated heterocycles. The summed E-state index contributed by atoms with van der Waals surface area (Å²) in [6.45, 7) is 3.50. The molecule has 0 bridgehead atoms. The SMILES string of the molecule is Cc1ccc(-c2sc(C(=O)O)c(N)c2C)c(F)c1. The number of aromatic carboxylic acids is 1. The van der Waals surface area contributed by atoms with Gasteiger partial charge in [0, 0.05) is 10.4 Å². The molecule has 0 aliphatic heterocycles. The summed E-state index contributed by atoms with van der Waals surface area (Å²) in [5.41, 5.74) is 7.76. The van der Waals surface area contributed by atoms with E-state index in [0.717, 1.165) is 16.9 Å². The molecular weight excluding hydrogens is 253 g/mol. The first-order chi connectivity index (χ1) is 8.41. The molecule has 0 amide bonds. The van der Waals surface area contributed by atoms with Crippen LogP contribution in [0.15, 0.2) is 18.2 Å². The molecule has 2 aromatic rings. The number of aryl methyl sites for hydroxylation is 1. The van der Waals surface area contributed by atoms with E-state index in [4.69, 9.17) is 10.8 Å². The zero-order valence-corrected chi connectivity index (χ0v) is 10.8. The maximum Gasteiger partial charge on any atom is 0.348 e. The predicted molar refractivity (Wildman–Crippen MR) is 70.6 cm³/mol. The first kappa shape index (κ1) is 12.6. The molecule has 5 heteroatoms. The van der Waals surface area contributed by atoms with Crippen LogP contribution in [-0.2, 0) is 0 Å². The molecular formula is C13H12FNO2S. The lowest BCUT2D eigenvalue weighted by Crippen LogP contribution is -1.97. The molecule has 0 aliphatic carbocycles. The van der Waals surface area contributed by atoms with Crippen molar-refractivity contribution in [2.24, 2.45) is 0 Å². The molecule has 94 valence electrons. The van der Waals surface area contributed by atoms with Crippen LogP contribution in [0.1, 0.15) is 20.8 Å². The molecule has 1 heterocycles. The molecule has 0 unspecified atom stereocenters. The van der Waals surface area contributed by atoms with Gasteiger partial charge >= 0.3 is 5.97 Å². The molecule has 1 aromatic heterocycles. The Kier molecular flexibility index (Phi) is 3.09. The van der Waals surface area contributed by atoms with Crippen molar-refractivity contribution in [3.05, 3.63) is 40.0 Å². The number of hydrogen-bond donors (Lipinski definition) is 2. The molecule has 0 atom stereocenters. The average molecular weight is 265 g/mol. The minimum Gasteiger partial charge on any atom is -0.477 e. The molecule has 0 aliphatic rings. The van der Waals surface area contributed by atoms with Crippen LogP contribution in [0.25, 0.3) is 10.4 Å². The molecule has 18 heavy (non-hydrogen) atoms. The van der Waals surface area contributed by atoms with Crippen molar-refractivity contribution in [1.29, 1.82) is 0 Å². The fraction of sp³-hybridized carbons (Fsp3) is 0.154. The van der Waals surface area contributed by atoms with E-state index in [1.165, 1.54) is 6.07 Å². The summed E-state index contributed by atoms with van der Waals surface area (Å²) in [5, 5.41) is 9.00. The zero-order chi connectivity index (χ0) is 13.4. The van der Waals surface area contributed by atoms with E-state index >= 15 is 0 Å². The Bertz CT molecular complexity index is 634. The van der Waals surface area contributed by atoms with Gasteiger partial charge in [-0.05, 0) is 31.0 Å². The van der Waals surface area contributed by atoms with Gasteiger partial charge < -0.3 is 10.8 Å². The smallest absolute Gasteiger partial charge is 0.348 e. The van der Waals surface area contributed by atoms with Gasteiger partial charge in [-0.2, -0.15) is 0 Å². The minimum absolute atomic E-state index is 0.0578. The molecule has 1 aromatic carbocycles. The van der Waals surface area contributed by atoms with E-state index in [0.29, 0.717) is 16.0 Å². The largest absolute Gasteiger partial charge is 0.477 e. The van der Waals surface area contributed by atoms with Gasteiger partial charge in [0.15, 0.2) is 0 Å². The van der Waals surface area contributed by atoms with Crippen LogP contribution in [0.3, 0.4) is 0 Å². The molecule has 0 radical (unpaired) electrons. The molecule has 2 rings (SSSR count). The van der Waals surface area contributed by atoms with Crippen molar-refractivity contribution < 1.29 is 14.3 Å². The van der Waals surface area contributed by atoms with Gasteiger partial charge in [0.05, 0.1) is 5.69 Å². The van der Waals surface area contributed by atoms with Gasteiger partial charge in [0.25, 0.3) is 0 Å². The maximum absolute atomic E-state index is 13.9. The molecule has 3 N–H and O–H groups in total. The van der Waals surface area contributed by atoms with Crippen LogP contribution in [0.5, 0.6) is 0 Å². The summed E-state index contributed by atoms with van der Waals surface area (Å²) in [5.74, 6) is -1.45. The highest BCUT2D eigenvalue weighted by Crippen LogP contribution is 2.39. The van der Waals surface area contributed by atoms with Crippen LogP contribution in [0.2, 0.25) is 0 Å². The van der Waals surface area contributed by atoms with E-state index in [2.05, 4.69) is 0 Å². The van der Waals surface area contributed by atoms with Crippen LogP contribution >= 0.6 is 11.3 Å². The fourth-order valence-electron chi connectivity index (χ4n) is 1.75. The van der Waals surface area contributed by atoms with Gasteiger partial charge in [-0.1, -0.05) is 12.1 Å². The van der Waals surface area contributed by atoms with Crippen molar-refractivity contribution in [2.45, 2.75) is 13.8 Å². The maximum atomic E-state index is 13.9. The molecule has 0 fully saturated rings. The van der Waals surface area contributed by atoms with Crippen LogP contribution in [0, 0.1) is 19.7 Å². The average Bonchev–Trinajstić information content (AvgIpc) is 2.57. The van der Waals surface area contributed by atoms with Crippen LogP contribution in [-0.4, -0.2) is 11.1 Å². The summed E-state index contributed by atoms with van der Waals surface area (Å²) in [6, 6.07) is 4.86. The summed E-state index contributed by atoms with van der Waals surface area (Å²) < 4.78 is 13.9. The number of carboxylic acid groups (broad SMARTS) is 1. The summed E-state index contributed by atoms with van der Waals surface area (Å²) in [4.78, 5) is 11.6. The van der Waals surface area contributed by atoms with E-state index in [-0.39, 0.29) is 16.4 Å². The predicted octanol–water partition coefficient (Wildman–Crippen LogP) is 3.45.